The number of rotatable bonds is 5. The van der Waals surface area contributed by atoms with Crippen LogP contribution in [0.2, 0.25) is 0 Å². The highest BCUT2D eigenvalue weighted by Gasteiger charge is 2.19. The van der Waals surface area contributed by atoms with Crippen LogP contribution in [-0.2, 0) is 6.42 Å². The molecule has 1 N–H and O–H groups in total. The Morgan fingerprint density at radius 2 is 2.11 bits per heavy atom. The van der Waals surface area contributed by atoms with E-state index < -0.39 is 0 Å². The first-order valence-corrected chi connectivity index (χ1v) is 7.38. The molecule has 2 heteroatoms. The Bertz CT molecular complexity index is 362. The van der Waals surface area contributed by atoms with Gasteiger partial charge in [-0.15, -0.1) is 0 Å². The lowest BCUT2D eigenvalue weighted by molar-refractivity contribution is 0.553. The number of nitrogens with one attached hydrogen (secondary N) is 1. The topological polar surface area (TPSA) is 15.3 Å². The van der Waals surface area contributed by atoms with Gasteiger partial charge >= 0.3 is 0 Å². The van der Waals surface area contributed by atoms with Crippen LogP contribution in [0.3, 0.4) is 0 Å². The summed E-state index contributed by atoms with van der Waals surface area (Å²) < 4.78 is 0. The van der Waals surface area contributed by atoms with Crippen LogP contribution in [0.15, 0.2) is 24.3 Å². The number of nitrogens with zero attached hydrogens (tertiary/aromatic N) is 1. The normalized spacial score (nSPS) is 17.1. The largest absolute Gasteiger partial charge is 0.367 e. The Labute approximate surface area is 111 Å². The van der Waals surface area contributed by atoms with Gasteiger partial charge in [0.2, 0.25) is 0 Å². The molecule has 1 aromatic carbocycles. The number of hydrogen-bond acceptors (Lipinski definition) is 2. The summed E-state index contributed by atoms with van der Waals surface area (Å²) in [6, 6.07) is 9.50. The Morgan fingerprint density at radius 3 is 2.94 bits per heavy atom. The van der Waals surface area contributed by atoms with Crippen molar-refractivity contribution in [2.45, 2.75) is 45.6 Å². The maximum atomic E-state index is 3.54. The van der Waals surface area contributed by atoms with Crippen molar-refractivity contribution in [1.82, 2.24) is 5.32 Å². The molecule has 1 aliphatic rings. The van der Waals surface area contributed by atoms with Crippen molar-refractivity contribution in [3.63, 3.8) is 0 Å². The molecule has 2 rings (SSSR count). The van der Waals surface area contributed by atoms with Crippen molar-refractivity contribution in [3.8, 4) is 0 Å². The van der Waals surface area contributed by atoms with Crippen molar-refractivity contribution in [2.75, 3.05) is 24.5 Å². The predicted molar refractivity (Wildman–Crippen MR) is 79.3 cm³/mol. The molecule has 2 nitrogen and oxygen atoms in total. The highest BCUT2D eigenvalue weighted by molar-refractivity contribution is 5.55. The molecule has 1 aliphatic heterocycles. The van der Waals surface area contributed by atoms with Gasteiger partial charge in [-0.2, -0.15) is 0 Å². The smallest absolute Gasteiger partial charge is 0.0401 e. The van der Waals surface area contributed by atoms with E-state index in [1.165, 1.54) is 43.5 Å². The van der Waals surface area contributed by atoms with Crippen molar-refractivity contribution in [3.05, 3.63) is 29.8 Å². The van der Waals surface area contributed by atoms with Crippen LogP contribution in [0.5, 0.6) is 0 Å². The van der Waals surface area contributed by atoms with Crippen molar-refractivity contribution >= 4 is 5.69 Å². The molecule has 0 aromatic heterocycles. The van der Waals surface area contributed by atoms with Crippen LogP contribution in [0, 0.1) is 0 Å². The minimum Gasteiger partial charge on any atom is -0.367 e. The summed E-state index contributed by atoms with van der Waals surface area (Å²) in [5, 5.41) is 3.54. The van der Waals surface area contributed by atoms with E-state index in [9.17, 15) is 0 Å². The third-order valence-corrected chi connectivity index (χ3v) is 3.79. The fourth-order valence-corrected chi connectivity index (χ4v) is 2.78. The molecule has 1 unspecified atom stereocenters. The molecule has 18 heavy (non-hydrogen) atoms. The summed E-state index contributed by atoms with van der Waals surface area (Å²) in [6.07, 6.45) is 5.08. The van der Waals surface area contributed by atoms with Gasteiger partial charge in [-0.05, 0) is 50.8 Å². The van der Waals surface area contributed by atoms with Gasteiger partial charge in [-0.1, -0.05) is 25.1 Å². The summed E-state index contributed by atoms with van der Waals surface area (Å²) in [6.45, 7) is 7.97. The van der Waals surface area contributed by atoms with E-state index in [0.717, 1.165) is 13.1 Å². The minimum absolute atomic E-state index is 0.579. The van der Waals surface area contributed by atoms with E-state index in [1.54, 1.807) is 0 Å². The number of para-hydroxylation sites is 1. The van der Waals surface area contributed by atoms with Gasteiger partial charge < -0.3 is 10.2 Å². The summed E-state index contributed by atoms with van der Waals surface area (Å²) in [7, 11) is 0. The molecule has 0 aliphatic carbocycles. The number of benzene rings is 1. The van der Waals surface area contributed by atoms with Crippen LogP contribution in [0.25, 0.3) is 0 Å². The number of hydrogen-bond donors (Lipinski definition) is 1. The lowest BCUT2D eigenvalue weighted by Gasteiger charge is -2.31. The zero-order valence-corrected chi connectivity index (χ0v) is 11.8. The molecule has 0 bridgehead atoms. The number of aryl methyl sites for hydroxylation is 1. The van der Waals surface area contributed by atoms with E-state index >= 15 is 0 Å². The summed E-state index contributed by atoms with van der Waals surface area (Å²) >= 11 is 0. The molecule has 0 saturated carbocycles. The van der Waals surface area contributed by atoms with E-state index in [4.69, 9.17) is 0 Å². The van der Waals surface area contributed by atoms with Crippen molar-refractivity contribution < 1.29 is 0 Å². The first-order chi connectivity index (χ1) is 8.83. The molecule has 0 radical (unpaired) electrons. The second-order valence-corrected chi connectivity index (χ2v) is 5.33. The van der Waals surface area contributed by atoms with Crippen LogP contribution in [0.4, 0.5) is 5.69 Å². The number of anilines is 1. The summed E-state index contributed by atoms with van der Waals surface area (Å²) in [5.41, 5.74) is 2.98. The summed E-state index contributed by atoms with van der Waals surface area (Å²) in [4.78, 5) is 2.59. The molecule has 0 fully saturated rings. The predicted octanol–water partition coefficient (Wildman–Crippen LogP) is 3.22. The first-order valence-electron chi connectivity index (χ1n) is 7.38. The molecule has 100 valence electrons. The SMILES string of the molecule is CCCNCC(C)N1CCCCc2ccccc21. The fourth-order valence-electron chi connectivity index (χ4n) is 2.78. The fraction of sp³-hybridized carbons (Fsp3) is 0.625. The minimum atomic E-state index is 0.579. The van der Waals surface area contributed by atoms with Crippen molar-refractivity contribution in [1.29, 1.82) is 0 Å². The lowest BCUT2D eigenvalue weighted by atomic mass is 10.1. The third-order valence-electron chi connectivity index (χ3n) is 3.79. The van der Waals surface area contributed by atoms with E-state index in [-0.39, 0.29) is 0 Å². The number of fused-ring (bicyclic) bond motifs is 1. The second kappa shape index (κ2) is 6.79. The third kappa shape index (κ3) is 3.26. The molecule has 1 aromatic rings. The molecule has 1 atom stereocenters. The Kier molecular flexibility index (Phi) is 5.06. The first kappa shape index (κ1) is 13.4. The molecule has 0 spiro atoms. The van der Waals surface area contributed by atoms with E-state index in [2.05, 4.69) is 48.3 Å². The Morgan fingerprint density at radius 1 is 1.28 bits per heavy atom. The Hall–Kier alpha value is -1.02. The highest BCUT2D eigenvalue weighted by atomic mass is 15.2. The average Bonchev–Trinajstić information content (AvgIpc) is 2.61. The van der Waals surface area contributed by atoms with Crippen LogP contribution in [-0.4, -0.2) is 25.7 Å². The van der Waals surface area contributed by atoms with Crippen LogP contribution < -0.4 is 10.2 Å². The average molecular weight is 246 g/mol. The molecular formula is C16H26N2. The van der Waals surface area contributed by atoms with E-state index in [1.807, 2.05) is 0 Å². The Balaban J connectivity index is 2.07. The van der Waals surface area contributed by atoms with Crippen LogP contribution in [0.1, 0.15) is 38.7 Å². The van der Waals surface area contributed by atoms with Gasteiger partial charge in [-0.25, -0.2) is 0 Å². The maximum absolute atomic E-state index is 3.54. The molecular weight excluding hydrogens is 220 g/mol. The lowest BCUT2D eigenvalue weighted by Crippen LogP contribution is -2.41. The molecule has 0 amide bonds. The van der Waals surface area contributed by atoms with Gasteiger partial charge in [0.05, 0.1) is 0 Å². The van der Waals surface area contributed by atoms with E-state index in [0.29, 0.717) is 6.04 Å². The summed E-state index contributed by atoms with van der Waals surface area (Å²) in [5.74, 6) is 0. The van der Waals surface area contributed by atoms with Gasteiger partial charge in [-0.3, -0.25) is 0 Å². The monoisotopic (exact) mass is 246 g/mol. The van der Waals surface area contributed by atoms with Crippen LogP contribution >= 0.6 is 0 Å². The quantitative estimate of drug-likeness (QED) is 0.803. The van der Waals surface area contributed by atoms with Gasteiger partial charge in [0, 0.05) is 24.8 Å². The second-order valence-electron chi connectivity index (χ2n) is 5.33. The maximum Gasteiger partial charge on any atom is 0.0401 e. The molecule has 1 heterocycles. The molecule has 0 saturated heterocycles. The zero-order valence-electron chi connectivity index (χ0n) is 11.8. The van der Waals surface area contributed by atoms with Gasteiger partial charge in [0.25, 0.3) is 0 Å². The highest BCUT2D eigenvalue weighted by Crippen LogP contribution is 2.27. The van der Waals surface area contributed by atoms with Gasteiger partial charge in [0.1, 0.15) is 0 Å². The van der Waals surface area contributed by atoms with Gasteiger partial charge in [0.15, 0.2) is 0 Å². The van der Waals surface area contributed by atoms with Crippen molar-refractivity contribution in [2.24, 2.45) is 0 Å². The standard InChI is InChI=1S/C16H26N2/c1-3-11-17-13-14(2)18-12-7-6-9-15-8-4-5-10-16(15)18/h4-5,8,10,14,17H,3,6-7,9,11-13H2,1-2H3. The zero-order chi connectivity index (χ0) is 12.8.